The Morgan fingerprint density at radius 3 is 2.74 bits per heavy atom. The number of carbonyl (C=O) groups is 1. The molecule has 0 aliphatic carbocycles. The molecule has 0 amide bonds. The molecule has 0 bridgehead atoms. The Bertz CT molecular complexity index is 569. The van der Waals surface area contributed by atoms with E-state index in [1.165, 1.54) is 6.07 Å². The van der Waals surface area contributed by atoms with Gasteiger partial charge in [-0.05, 0) is 0 Å². The highest BCUT2D eigenvalue weighted by Gasteiger charge is 2.25. The number of nitro groups is 1. The summed E-state index contributed by atoms with van der Waals surface area (Å²) < 4.78 is 29.4. The fourth-order valence-corrected chi connectivity index (χ4v) is 1.32. The van der Waals surface area contributed by atoms with Crippen molar-refractivity contribution in [2.75, 3.05) is 7.11 Å². The third-order valence-corrected chi connectivity index (χ3v) is 2.16. The van der Waals surface area contributed by atoms with Crippen LogP contribution in [0.3, 0.4) is 0 Å². The molecular weight excluding hydrogens is 264 g/mol. The Balaban J connectivity index is 3.45. The highest BCUT2D eigenvalue weighted by atomic mass is 19.3. The average molecular weight is 271 g/mol. The fourth-order valence-electron chi connectivity index (χ4n) is 1.32. The second-order valence-corrected chi connectivity index (χ2v) is 3.31. The van der Waals surface area contributed by atoms with Gasteiger partial charge in [0.1, 0.15) is 11.8 Å². The topological polar surface area (TPSA) is 106 Å². The number of hydrogen-bond donors (Lipinski definition) is 0. The SMILES string of the molecule is COC(=O)Cc1nc(C(F)F)cc([N+](=O)[O-])c1C#N. The maximum atomic E-state index is 12.6. The molecule has 1 rings (SSSR count). The van der Waals surface area contributed by atoms with Crippen molar-refractivity contribution in [3.05, 3.63) is 33.1 Å². The lowest BCUT2D eigenvalue weighted by molar-refractivity contribution is -0.385. The summed E-state index contributed by atoms with van der Waals surface area (Å²) in [4.78, 5) is 24.2. The minimum atomic E-state index is -3.05. The van der Waals surface area contributed by atoms with E-state index in [1.807, 2.05) is 0 Å². The van der Waals surface area contributed by atoms with Crippen molar-refractivity contribution in [2.24, 2.45) is 0 Å². The van der Waals surface area contributed by atoms with Crippen LogP contribution in [0.4, 0.5) is 14.5 Å². The number of methoxy groups -OCH3 is 1. The van der Waals surface area contributed by atoms with Gasteiger partial charge < -0.3 is 4.74 Å². The number of alkyl halides is 2. The molecule has 0 unspecified atom stereocenters. The minimum Gasteiger partial charge on any atom is -0.469 e. The van der Waals surface area contributed by atoms with Crippen molar-refractivity contribution < 1.29 is 23.2 Å². The Morgan fingerprint density at radius 2 is 2.32 bits per heavy atom. The zero-order valence-corrected chi connectivity index (χ0v) is 9.59. The molecule has 0 saturated carbocycles. The Morgan fingerprint density at radius 1 is 1.68 bits per heavy atom. The predicted molar refractivity (Wildman–Crippen MR) is 56.3 cm³/mol. The number of rotatable bonds is 4. The molecule has 1 aromatic rings. The van der Waals surface area contributed by atoms with Crippen molar-refractivity contribution in [2.45, 2.75) is 12.8 Å². The Hall–Kier alpha value is -2.63. The van der Waals surface area contributed by atoms with E-state index in [2.05, 4.69) is 9.72 Å². The normalized spacial score (nSPS) is 10.1. The van der Waals surface area contributed by atoms with E-state index in [9.17, 15) is 23.7 Å². The number of aromatic nitrogens is 1. The number of halogens is 2. The molecule has 9 heteroatoms. The smallest absolute Gasteiger partial charge is 0.311 e. The number of ether oxygens (including phenoxy) is 1. The molecule has 1 heterocycles. The molecule has 7 nitrogen and oxygen atoms in total. The quantitative estimate of drug-likeness (QED) is 0.466. The molecule has 0 aliphatic rings. The van der Waals surface area contributed by atoms with Crippen LogP contribution in [0.2, 0.25) is 0 Å². The van der Waals surface area contributed by atoms with E-state index in [0.717, 1.165) is 7.11 Å². The molecular formula is C10H7F2N3O4. The molecule has 0 spiro atoms. The van der Waals surface area contributed by atoms with E-state index >= 15 is 0 Å². The van der Waals surface area contributed by atoms with Crippen LogP contribution >= 0.6 is 0 Å². The number of hydrogen-bond acceptors (Lipinski definition) is 6. The van der Waals surface area contributed by atoms with Gasteiger partial charge >= 0.3 is 5.97 Å². The van der Waals surface area contributed by atoms with Gasteiger partial charge in [-0.25, -0.2) is 13.8 Å². The first-order valence-electron chi connectivity index (χ1n) is 4.84. The van der Waals surface area contributed by atoms with Gasteiger partial charge in [-0.2, -0.15) is 5.26 Å². The molecule has 0 saturated heterocycles. The molecule has 0 radical (unpaired) electrons. The van der Waals surface area contributed by atoms with E-state index < -0.39 is 46.4 Å². The molecule has 1 aromatic heterocycles. The predicted octanol–water partition coefficient (Wildman–Crippen LogP) is 1.51. The van der Waals surface area contributed by atoms with Crippen molar-refractivity contribution >= 4 is 11.7 Å². The van der Waals surface area contributed by atoms with Gasteiger partial charge in [-0.3, -0.25) is 14.9 Å². The maximum absolute atomic E-state index is 12.6. The lowest BCUT2D eigenvalue weighted by atomic mass is 10.1. The first-order valence-corrected chi connectivity index (χ1v) is 4.84. The van der Waals surface area contributed by atoms with Gasteiger partial charge in [-0.1, -0.05) is 0 Å². The monoisotopic (exact) mass is 271 g/mol. The summed E-state index contributed by atoms with van der Waals surface area (Å²) in [7, 11) is 1.06. The number of pyridine rings is 1. The van der Waals surface area contributed by atoms with Gasteiger partial charge in [0.05, 0.1) is 24.1 Å². The highest BCUT2D eigenvalue weighted by Crippen LogP contribution is 2.27. The van der Waals surface area contributed by atoms with E-state index in [1.54, 1.807) is 0 Å². The van der Waals surface area contributed by atoms with Crippen LogP contribution < -0.4 is 0 Å². The second kappa shape index (κ2) is 5.81. The first-order chi connectivity index (χ1) is 8.90. The van der Waals surface area contributed by atoms with Crippen LogP contribution in [0.5, 0.6) is 0 Å². The van der Waals surface area contributed by atoms with E-state index in [-0.39, 0.29) is 0 Å². The zero-order valence-electron chi connectivity index (χ0n) is 9.59. The summed E-state index contributed by atoms with van der Waals surface area (Å²) in [6.45, 7) is 0. The van der Waals surface area contributed by atoms with E-state index in [4.69, 9.17) is 5.26 Å². The van der Waals surface area contributed by atoms with Crippen LogP contribution in [0.15, 0.2) is 6.07 Å². The van der Waals surface area contributed by atoms with Gasteiger partial charge in [0.2, 0.25) is 0 Å². The fraction of sp³-hybridized carbons (Fsp3) is 0.300. The molecule has 0 fully saturated rings. The number of nitrogens with zero attached hydrogens (tertiary/aromatic N) is 3. The molecule has 0 aliphatic heterocycles. The van der Waals surface area contributed by atoms with Crippen LogP contribution in [0.25, 0.3) is 0 Å². The van der Waals surface area contributed by atoms with Crippen LogP contribution in [0, 0.1) is 21.4 Å². The summed E-state index contributed by atoms with van der Waals surface area (Å²) in [6.07, 6.45) is -3.65. The van der Waals surface area contributed by atoms with Crippen molar-refractivity contribution in [3.8, 4) is 6.07 Å². The molecule has 0 N–H and O–H groups in total. The summed E-state index contributed by atoms with van der Waals surface area (Å²) in [5.41, 5.74) is -2.62. The van der Waals surface area contributed by atoms with Gasteiger partial charge in [0.15, 0.2) is 5.56 Å². The standard InChI is InChI=1S/C10H7F2N3O4/c1-19-9(16)3-6-5(4-13)8(15(17)18)2-7(14-6)10(11)12/h2,10H,3H2,1H3. The molecule has 19 heavy (non-hydrogen) atoms. The molecule has 0 atom stereocenters. The lowest BCUT2D eigenvalue weighted by Crippen LogP contribution is -2.11. The zero-order chi connectivity index (χ0) is 14.6. The van der Waals surface area contributed by atoms with Crippen molar-refractivity contribution in [1.82, 2.24) is 4.98 Å². The number of esters is 1. The Labute approximate surface area is 105 Å². The summed E-state index contributed by atoms with van der Waals surface area (Å²) in [5, 5.41) is 19.6. The maximum Gasteiger partial charge on any atom is 0.311 e. The average Bonchev–Trinajstić information content (AvgIpc) is 2.37. The third kappa shape index (κ3) is 3.19. The Kier molecular flexibility index (Phi) is 4.41. The largest absolute Gasteiger partial charge is 0.469 e. The van der Waals surface area contributed by atoms with Crippen LogP contribution in [-0.2, 0) is 16.0 Å². The number of carbonyl (C=O) groups excluding carboxylic acids is 1. The summed E-state index contributed by atoms with van der Waals surface area (Å²) in [6, 6.07) is 2.00. The first kappa shape index (κ1) is 14.4. The molecule has 0 aromatic carbocycles. The van der Waals surface area contributed by atoms with Crippen molar-refractivity contribution in [1.29, 1.82) is 5.26 Å². The van der Waals surface area contributed by atoms with Crippen molar-refractivity contribution in [3.63, 3.8) is 0 Å². The molecule has 100 valence electrons. The number of nitriles is 1. The van der Waals surface area contributed by atoms with Gasteiger partial charge in [0, 0.05) is 6.07 Å². The van der Waals surface area contributed by atoms with Crippen LogP contribution in [-0.4, -0.2) is 23.0 Å². The van der Waals surface area contributed by atoms with Gasteiger partial charge in [0.25, 0.3) is 12.1 Å². The van der Waals surface area contributed by atoms with Gasteiger partial charge in [-0.15, -0.1) is 0 Å². The summed E-state index contributed by atoms with van der Waals surface area (Å²) in [5.74, 6) is -0.843. The second-order valence-electron chi connectivity index (χ2n) is 3.31. The lowest BCUT2D eigenvalue weighted by Gasteiger charge is -2.06. The highest BCUT2D eigenvalue weighted by molar-refractivity contribution is 5.73. The minimum absolute atomic E-state index is 0.404. The van der Waals surface area contributed by atoms with Crippen LogP contribution in [0.1, 0.15) is 23.4 Å². The van der Waals surface area contributed by atoms with E-state index in [0.29, 0.717) is 6.07 Å². The third-order valence-electron chi connectivity index (χ3n) is 2.16. The summed E-state index contributed by atoms with van der Waals surface area (Å²) >= 11 is 0.